The summed E-state index contributed by atoms with van der Waals surface area (Å²) in [5, 5.41) is 24.8. The van der Waals surface area contributed by atoms with Crippen molar-refractivity contribution >= 4 is 50.9 Å². The Morgan fingerprint density at radius 1 is 0.535 bits per heavy atom. The molecule has 10 aromatic rings. The van der Waals surface area contributed by atoms with Gasteiger partial charge >= 0.3 is 11.9 Å². The van der Waals surface area contributed by atoms with Gasteiger partial charge in [0.1, 0.15) is 11.4 Å². The minimum atomic E-state index is -0.423. The second-order valence-corrected chi connectivity index (χ2v) is 15.8. The number of fused-ring (bicyclic) bond motifs is 2. The molecule has 0 aliphatic rings. The maximum atomic E-state index is 12.3. The fourth-order valence-corrected chi connectivity index (χ4v) is 7.87. The number of anilines is 1. The lowest BCUT2D eigenvalue weighted by atomic mass is 9.96. The third-order valence-corrected chi connectivity index (χ3v) is 11.1. The van der Waals surface area contributed by atoms with Crippen LogP contribution in [0.5, 0.6) is 0 Å². The van der Waals surface area contributed by atoms with Gasteiger partial charge in [-0.15, -0.1) is 20.4 Å². The molecule has 4 aromatic carbocycles. The van der Waals surface area contributed by atoms with Crippen LogP contribution in [0.2, 0.25) is 5.15 Å². The van der Waals surface area contributed by atoms with Crippen LogP contribution in [0.25, 0.3) is 66.3 Å². The molecule has 0 aliphatic carbocycles. The largest absolute Gasteiger partial charge is 0.462 e. The molecule has 3 N–H and O–H groups in total. The molecule has 0 spiro atoms. The third kappa shape index (κ3) is 11.9. The van der Waals surface area contributed by atoms with Gasteiger partial charge in [0.05, 0.1) is 42.3 Å². The quantitative estimate of drug-likeness (QED) is 0.110. The normalized spacial score (nSPS) is 10.6. The lowest BCUT2D eigenvalue weighted by molar-refractivity contribution is 0.0516. The number of rotatable bonds is 12. The van der Waals surface area contributed by atoms with E-state index in [9.17, 15) is 9.59 Å². The van der Waals surface area contributed by atoms with Crippen molar-refractivity contribution in [3.8, 4) is 44.8 Å². The SMILES string of the molecule is CCOC(=O)c1cncc(-c2nnc(Cl)c3c(-c4ccccc4)cccc23)c1.CCOC(=O)c1cncc(-c2nnc(NCc3ccccn3)c3c(-c4ccccc4)cccc23)c1.NCc1ccccn1. The summed E-state index contributed by atoms with van der Waals surface area (Å²) in [5.41, 5.74) is 14.6. The highest BCUT2D eigenvalue weighted by molar-refractivity contribution is 6.35. The summed E-state index contributed by atoms with van der Waals surface area (Å²) in [6.07, 6.45) is 9.81. The Hall–Kier alpha value is -8.85. The zero-order valence-electron chi connectivity index (χ0n) is 38.8. The highest BCUT2D eigenvalue weighted by atomic mass is 35.5. The van der Waals surface area contributed by atoms with Crippen molar-refractivity contribution in [2.75, 3.05) is 18.5 Å². The average molecular weight is 960 g/mol. The van der Waals surface area contributed by atoms with Gasteiger partial charge in [0, 0.05) is 76.4 Å². The van der Waals surface area contributed by atoms with Crippen molar-refractivity contribution in [2.24, 2.45) is 5.73 Å². The first-order valence-electron chi connectivity index (χ1n) is 22.7. The average Bonchev–Trinajstić information content (AvgIpc) is 3.43. The van der Waals surface area contributed by atoms with E-state index in [0.29, 0.717) is 70.9 Å². The van der Waals surface area contributed by atoms with Gasteiger partial charge in [-0.05, 0) is 72.5 Å². The highest BCUT2D eigenvalue weighted by Crippen LogP contribution is 2.38. The molecule has 0 amide bonds. The maximum Gasteiger partial charge on any atom is 0.339 e. The molecule has 10 rings (SSSR count). The lowest BCUT2D eigenvalue weighted by Gasteiger charge is -2.15. The van der Waals surface area contributed by atoms with E-state index in [1.54, 1.807) is 50.8 Å². The Bertz CT molecular complexity index is 3390. The zero-order valence-corrected chi connectivity index (χ0v) is 39.6. The van der Waals surface area contributed by atoms with Crippen molar-refractivity contribution in [1.82, 2.24) is 40.3 Å². The Morgan fingerprint density at radius 3 is 1.52 bits per heavy atom. The van der Waals surface area contributed by atoms with Crippen molar-refractivity contribution < 1.29 is 19.1 Å². The summed E-state index contributed by atoms with van der Waals surface area (Å²) in [6, 6.07) is 47.0. The number of nitrogens with one attached hydrogen (secondary N) is 1. The molecule has 71 heavy (non-hydrogen) atoms. The smallest absolute Gasteiger partial charge is 0.339 e. The monoisotopic (exact) mass is 958 g/mol. The number of ether oxygens (including phenoxy) is 2. The van der Waals surface area contributed by atoms with E-state index in [-0.39, 0.29) is 0 Å². The van der Waals surface area contributed by atoms with Crippen LogP contribution in [-0.2, 0) is 22.6 Å². The first-order valence-corrected chi connectivity index (χ1v) is 23.1. The molecular weight excluding hydrogens is 912 g/mol. The van der Waals surface area contributed by atoms with Gasteiger partial charge in [0.15, 0.2) is 11.0 Å². The number of nitrogens with zero attached hydrogens (tertiary/aromatic N) is 8. The van der Waals surface area contributed by atoms with Crippen molar-refractivity contribution in [3.05, 3.63) is 210 Å². The van der Waals surface area contributed by atoms with Crippen LogP contribution in [0, 0.1) is 0 Å². The van der Waals surface area contributed by atoms with Gasteiger partial charge in [-0.1, -0.05) is 121 Å². The van der Waals surface area contributed by atoms with Crippen LogP contribution in [0.15, 0.2) is 183 Å². The Morgan fingerprint density at radius 2 is 1.03 bits per heavy atom. The first-order chi connectivity index (χ1) is 34.9. The van der Waals surface area contributed by atoms with Crippen LogP contribution in [0.4, 0.5) is 5.82 Å². The van der Waals surface area contributed by atoms with Gasteiger partial charge in [0.2, 0.25) is 0 Å². The van der Waals surface area contributed by atoms with Gasteiger partial charge in [-0.2, -0.15) is 0 Å². The molecule has 0 fully saturated rings. The fraction of sp³-hybridized carbons (Fsp3) is 0.107. The number of aromatic nitrogens is 8. The summed E-state index contributed by atoms with van der Waals surface area (Å²) < 4.78 is 10.2. The molecule has 6 aromatic heterocycles. The summed E-state index contributed by atoms with van der Waals surface area (Å²) in [4.78, 5) is 41.2. The standard InChI is InChI=1S/C28H23N5O2.C22H16ClN3O2.C6H8N2/c1-2-35-28(34)21-15-20(16-29-17-21)26-24-13-8-12-23(19-9-4-3-5-10-19)25(24)27(33-32-26)31-18-22-11-6-7-14-30-22;1-2-28-22(27)16-11-15(12-24-13-16)20-18-10-6-9-17(14-7-4-3-5-8-14)19(18)21(23)26-25-20;7-5-6-3-1-2-4-8-6/h3-17H,2,18H2,1H3,(H,31,33);3-13H,2H2,1H3;1-4H,5,7H2. The van der Waals surface area contributed by atoms with Crippen LogP contribution in [-0.4, -0.2) is 65.5 Å². The van der Waals surface area contributed by atoms with Crippen LogP contribution < -0.4 is 11.1 Å². The molecule has 0 saturated carbocycles. The van der Waals surface area contributed by atoms with Crippen molar-refractivity contribution in [1.29, 1.82) is 0 Å². The predicted octanol–water partition coefficient (Wildman–Crippen LogP) is 11.3. The Balaban J connectivity index is 0.000000167. The van der Waals surface area contributed by atoms with Crippen molar-refractivity contribution in [3.63, 3.8) is 0 Å². The zero-order chi connectivity index (χ0) is 49.4. The minimum absolute atomic E-state index is 0.295. The van der Waals surface area contributed by atoms with E-state index in [4.69, 9.17) is 26.8 Å². The first kappa shape index (κ1) is 48.6. The van der Waals surface area contributed by atoms with E-state index in [1.807, 2.05) is 115 Å². The van der Waals surface area contributed by atoms with E-state index in [1.165, 1.54) is 12.4 Å². The van der Waals surface area contributed by atoms with Gasteiger partial charge in [0.25, 0.3) is 0 Å². The van der Waals surface area contributed by atoms with Crippen molar-refractivity contribution in [2.45, 2.75) is 26.9 Å². The van der Waals surface area contributed by atoms with Crippen LogP contribution in [0.1, 0.15) is 46.0 Å². The topological polar surface area (TPSA) is 194 Å². The number of carbonyl (C=O) groups excluding carboxylic acids is 2. The summed E-state index contributed by atoms with van der Waals surface area (Å²) >= 11 is 6.43. The van der Waals surface area contributed by atoms with Gasteiger partial charge in [-0.25, -0.2) is 9.59 Å². The second-order valence-electron chi connectivity index (χ2n) is 15.5. The number of hydrogen-bond acceptors (Lipinski definition) is 14. The number of hydrogen-bond donors (Lipinski definition) is 2. The molecule has 0 aliphatic heterocycles. The minimum Gasteiger partial charge on any atom is -0.462 e. The van der Waals surface area contributed by atoms with E-state index in [2.05, 4.69) is 63.8 Å². The molecule has 0 unspecified atom stereocenters. The molecule has 15 heteroatoms. The summed E-state index contributed by atoms with van der Waals surface area (Å²) in [5.74, 6) is -0.186. The molecule has 0 saturated heterocycles. The maximum absolute atomic E-state index is 12.3. The van der Waals surface area contributed by atoms with E-state index in [0.717, 1.165) is 55.2 Å². The Kier molecular flexibility index (Phi) is 16.4. The number of esters is 2. The summed E-state index contributed by atoms with van der Waals surface area (Å²) in [6.45, 7) is 5.16. The number of nitrogens with two attached hydrogens (primary N) is 1. The second kappa shape index (κ2) is 23.9. The lowest BCUT2D eigenvalue weighted by Crippen LogP contribution is -2.07. The van der Waals surface area contributed by atoms with Crippen LogP contribution in [0.3, 0.4) is 0 Å². The van der Waals surface area contributed by atoms with Crippen LogP contribution >= 0.6 is 11.6 Å². The molecule has 0 atom stereocenters. The summed E-state index contributed by atoms with van der Waals surface area (Å²) in [7, 11) is 0. The molecule has 14 nitrogen and oxygen atoms in total. The third-order valence-electron chi connectivity index (χ3n) is 10.9. The molecule has 6 heterocycles. The molecule has 0 bridgehead atoms. The van der Waals surface area contributed by atoms with E-state index >= 15 is 0 Å². The predicted molar refractivity (Wildman–Crippen MR) is 277 cm³/mol. The van der Waals surface area contributed by atoms with E-state index < -0.39 is 11.9 Å². The number of carbonyl (C=O) groups is 2. The van der Waals surface area contributed by atoms with Gasteiger partial charge in [-0.3, -0.25) is 19.9 Å². The number of halogens is 1. The molecule has 352 valence electrons. The molecular formula is C56H47ClN10O4. The molecule has 0 radical (unpaired) electrons. The van der Waals surface area contributed by atoms with Gasteiger partial charge < -0.3 is 20.5 Å². The highest BCUT2D eigenvalue weighted by Gasteiger charge is 2.19. The Labute approximate surface area is 415 Å². The number of benzene rings is 4. The number of pyridine rings is 4. The fourth-order valence-electron chi connectivity index (χ4n) is 7.63.